The number of carbonyl (C=O) groups excluding carboxylic acids is 1. The third-order valence-corrected chi connectivity index (χ3v) is 7.03. The number of thiazole rings is 1. The molecule has 1 aliphatic rings. The lowest BCUT2D eigenvalue weighted by Crippen LogP contribution is -2.05. The molecular formula is C22H19N5OS2. The van der Waals surface area contributed by atoms with Crippen molar-refractivity contribution in [3.8, 4) is 27.5 Å². The standard InChI is InChI=1S/C22H19N5OS2/c1-12-6-4-5-7-17(12)27-19-20-16(25-22(30-20)24-14(3)28)11-29-21(19)18(26-27)15-9-8-13(2)23-10-15/h4-10H,11H2,1-3H3,(H,24,25,28). The van der Waals surface area contributed by atoms with Crippen molar-refractivity contribution in [1.29, 1.82) is 0 Å². The van der Waals surface area contributed by atoms with Crippen LogP contribution < -0.4 is 5.32 Å². The van der Waals surface area contributed by atoms with Crippen molar-refractivity contribution in [3.63, 3.8) is 0 Å². The molecule has 6 nitrogen and oxygen atoms in total. The van der Waals surface area contributed by atoms with Gasteiger partial charge in [0.25, 0.3) is 0 Å². The topological polar surface area (TPSA) is 72.7 Å². The van der Waals surface area contributed by atoms with Crippen molar-refractivity contribution in [1.82, 2.24) is 19.7 Å². The number of fused-ring (bicyclic) bond motifs is 3. The molecule has 0 radical (unpaired) electrons. The zero-order valence-electron chi connectivity index (χ0n) is 16.8. The van der Waals surface area contributed by atoms with Gasteiger partial charge in [0, 0.05) is 30.1 Å². The molecule has 0 unspecified atom stereocenters. The number of hydrogen-bond acceptors (Lipinski definition) is 6. The van der Waals surface area contributed by atoms with Gasteiger partial charge < -0.3 is 5.32 Å². The largest absolute Gasteiger partial charge is 0.302 e. The molecule has 0 aliphatic carbocycles. The Balaban J connectivity index is 1.76. The van der Waals surface area contributed by atoms with Gasteiger partial charge in [-0.25, -0.2) is 9.67 Å². The summed E-state index contributed by atoms with van der Waals surface area (Å²) in [5, 5.41) is 8.49. The van der Waals surface area contributed by atoms with Crippen LogP contribution in [0.4, 0.5) is 5.13 Å². The molecule has 0 saturated carbocycles. The van der Waals surface area contributed by atoms with Gasteiger partial charge in [-0.05, 0) is 37.6 Å². The molecule has 0 fully saturated rings. The number of nitrogens with one attached hydrogen (secondary N) is 1. The van der Waals surface area contributed by atoms with E-state index in [-0.39, 0.29) is 5.91 Å². The smallest absolute Gasteiger partial charge is 0.223 e. The lowest BCUT2D eigenvalue weighted by molar-refractivity contribution is -0.114. The first-order valence-corrected chi connectivity index (χ1v) is 11.3. The van der Waals surface area contributed by atoms with Gasteiger partial charge in [-0.15, -0.1) is 11.8 Å². The number of pyridine rings is 1. The molecule has 0 bridgehead atoms. The van der Waals surface area contributed by atoms with E-state index < -0.39 is 0 Å². The van der Waals surface area contributed by atoms with Crippen LogP contribution in [0.5, 0.6) is 0 Å². The number of amides is 1. The zero-order valence-corrected chi connectivity index (χ0v) is 18.4. The van der Waals surface area contributed by atoms with Crippen LogP contribution in [0.3, 0.4) is 0 Å². The molecule has 8 heteroatoms. The van der Waals surface area contributed by atoms with Gasteiger partial charge in [0.05, 0.1) is 21.2 Å². The first kappa shape index (κ1) is 19.0. The minimum atomic E-state index is -0.118. The Kier molecular flexibility index (Phi) is 4.67. The fraction of sp³-hybridized carbons (Fsp3) is 0.182. The molecule has 5 rings (SSSR count). The van der Waals surface area contributed by atoms with Gasteiger partial charge in [-0.1, -0.05) is 29.5 Å². The van der Waals surface area contributed by atoms with Gasteiger partial charge in [0.2, 0.25) is 5.91 Å². The van der Waals surface area contributed by atoms with Crippen LogP contribution in [0.15, 0.2) is 47.5 Å². The number of nitrogens with zero attached hydrogens (tertiary/aromatic N) is 4. The number of aromatic nitrogens is 4. The molecule has 0 saturated heterocycles. The fourth-order valence-electron chi connectivity index (χ4n) is 3.49. The number of para-hydroxylation sites is 1. The molecule has 4 aromatic rings. The quantitative estimate of drug-likeness (QED) is 0.478. The van der Waals surface area contributed by atoms with Crippen LogP contribution in [0.2, 0.25) is 0 Å². The van der Waals surface area contributed by atoms with E-state index in [1.807, 2.05) is 36.0 Å². The molecule has 4 heterocycles. The van der Waals surface area contributed by atoms with Crippen LogP contribution in [0.25, 0.3) is 27.5 Å². The van der Waals surface area contributed by atoms with E-state index in [1.165, 1.54) is 18.3 Å². The Morgan fingerprint density at radius 3 is 2.73 bits per heavy atom. The van der Waals surface area contributed by atoms with Gasteiger partial charge in [-0.3, -0.25) is 9.78 Å². The highest BCUT2D eigenvalue weighted by Gasteiger charge is 2.31. The molecule has 1 aromatic carbocycles. The van der Waals surface area contributed by atoms with E-state index in [9.17, 15) is 4.79 Å². The first-order chi connectivity index (χ1) is 14.5. The zero-order chi connectivity index (χ0) is 20.8. The number of aryl methyl sites for hydroxylation is 2. The van der Waals surface area contributed by atoms with E-state index in [4.69, 9.17) is 5.10 Å². The second-order valence-corrected chi connectivity index (χ2v) is 9.16. The Morgan fingerprint density at radius 2 is 2.00 bits per heavy atom. The summed E-state index contributed by atoms with van der Waals surface area (Å²) in [5.74, 6) is 0.622. The third-order valence-electron chi connectivity index (χ3n) is 4.92. The van der Waals surface area contributed by atoms with Crippen molar-refractivity contribution in [2.75, 3.05) is 5.32 Å². The van der Waals surface area contributed by atoms with Gasteiger partial charge in [-0.2, -0.15) is 5.10 Å². The number of rotatable bonds is 3. The molecule has 1 amide bonds. The Morgan fingerprint density at radius 1 is 1.17 bits per heavy atom. The second kappa shape index (κ2) is 7.37. The summed E-state index contributed by atoms with van der Waals surface area (Å²) in [6.45, 7) is 5.57. The predicted octanol–water partition coefficient (Wildman–Crippen LogP) is 5.24. The van der Waals surface area contributed by atoms with Crippen LogP contribution in [-0.2, 0) is 10.5 Å². The summed E-state index contributed by atoms with van der Waals surface area (Å²) in [4.78, 5) is 22.8. The van der Waals surface area contributed by atoms with Crippen LogP contribution in [0.1, 0.15) is 23.9 Å². The van der Waals surface area contributed by atoms with Crippen LogP contribution in [0, 0.1) is 13.8 Å². The fourth-order valence-corrected chi connectivity index (χ4v) is 5.82. The maximum Gasteiger partial charge on any atom is 0.223 e. The maximum atomic E-state index is 11.5. The average molecular weight is 434 g/mol. The lowest BCUT2D eigenvalue weighted by Gasteiger charge is -2.14. The Bertz CT molecular complexity index is 1270. The van der Waals surface area contributed by atoms with Crippen LogP contribution >= 0.6 is 23.1 Å². The van der Waals surface area contributed by atoms with Gasteiger partial charge in [0.15, 0.2) is 5.13 Å². The molecule has 3 aromatic heterocycles. The highest BCUT2D eigenvalue weighted by Crippen LogP contribution is 2.50. The first-order valence-electron chi connectivity index (χ1n) is 9.54. The lowest BCUT2D eigenvalue weighted by atomic mass is 10.1. The number of carbonyl (C=O) groups is 1. The number of anilines is 1. The molecule has 1 aliphatic heterocycles. The normalized spacial score (nSPS) is 12.4. The van der Waals surface area contributed by atoms with E-state index >= 15 is 0 Å². The summed E-state index contributed by atoms with van der Waals surface area (Å²) < 4.78 is 2.01. The van der Waals surface area contributed by atoms with Crippen LogP contribution in [-0.4, -0.2) is 25.7 Å². The predicted molar refractivity (Wildman–Crippen MR) is 121 cm³/mol. The molecular weight excluding hydrogens is 414 g/mol. The Hall–Kier alpha value is -2.97. The van der Waals surface area contributed by atoms with E-state index in [0.717, 1.165) is 55.1 Å². The summed E-state index contributed by atoms with van der Waals surface area (Å²) in [6.07, 6.45) is 1.88. The minimum absolute atomic E-state index is 0.118. The second-order valence-electron chi connectivity index (χ2n) is 7.18. The van der Waals surface area contributed by atoms with Crippen molar-refractivity contribution >= 4 is 34.1 Å². The third kappa shape index (κ3) is 3.22. The number of thioether (sulfide) groups is 1. The molecule has 0 atom stereocenters. The van der Waals surface area contributed by atoms with E-state index in [0.29, 0.717) is 5.13 Å². The highest BCUT2D eigenvalue weighted by molar-refractivity contribution is 7.99. The monoisotopic (exact) mass is 433 g/mol. The van der Waals surface area contributed by atoms with Gasteiger partial charge >= 0.3 is 0 Å². The van der Waals surface area contributed by atoms with Gasteiger partial charge in [0.1, 0.15) is 11.4 Å². The molecule has 30 heavy (non-hydrogen) atoms. The summed E-state index contributed by atoms with van der Waals surface area (Å²) in [6, 6.07) is 12.3. The van der Waals surface area contributed by atoms with Crippen molar-refractivity contribution in [2.24, 2.45) is 0 Å². The highest BCUT2D eigenvalue weighted by atomic mass is 32.2. The summed E-state index contributed by atoms with van der Waals surface area (Å²) >= 11 is 3.23. The average Bonchev–Trinajstić information content (AvgIpc) is 3.29. The number of benzene rings is 1. The maximum absolute atomic E-state index is 11.5. The summed E-state index contributed by atoms with van der Waals surface area (Å²) in [7, 11) is 0. The van der Waals surface area contributed by atoms with Crippen molar-refractivity contribution in [3.05, 3.63) is 59.5 Å². The van der Waals surface area contributed by atoms with E-state index in [2.05, 4.69) is 40.4 Å². The van der Waals surface area contributed by atoms with Crippen molar-refractivity contribution < 1.29 is 4.79 Å². The van der Waals surface area contributed by atoms with E-state index in [1.54, 1.807) is 11.8 Å². The number of hydrogen-bond donors (Lipinski definition) is 1. The minimum Gasteiger partial charge on any atom is -0.302 e. The SMILES string of the molecule is CC(=O)Nc1nc2c(s1)-c1c(c(-c3ccc(C)nc3)nn1-c1ccccc1C)SC2. The molecule has 150 valence electrons. The Labute approximate surface area is 182 Å². The van der Waals surface area contributed by atoms with Crippen molar-refractivity contribution in [2.45, 2.75) is 31.4 Å². The molecule has 1 N–H and O–H groups in total. The summed E-state index contributed by atoms with van der Waals surface area (Å²) in [5.41, 5.74) is 7.06. The molecule has 0 spiro atoms.